The summed E-state index contributed by atoms with van der Waals surface area (Å²) in [5.74, 6) is 0.363. The molecular weight excluding hydrogens is 236 g/mol. The Labute approximate surface area is 116 Å². The van der Waals surface area contributed by atoms with E-state index >= 15 is 0 Å². The monoisotopic (exact) mass is 260 g/mol. The molecular formula is C17H24O2. The van der Waals surface area contributed by atoms with E-state index in [2.05, 4.69) is 25.1 Å². The summed E-state index contributed by atoms with van der Waals surface area (Å²) in [4.78, 5) is 0. The third-order valence-electron chi connectivity index (χ3n) is 2.75. The van der Waals surface area contributed by atoms with Crippen molar-refractivity contribution in [2.24, 2.45) is 5.92 Å². The molecule has 0 aliphatic rings. The number of benzene rings is 1. The Bertz CT molecular complexity index is 382. The molecule has 0 fully saturated rings. The van der Waals surface area contributed by atoms with E-state index in [1.54, 1.807) is 6.08 Å². The van der Waals surface area contributed by atoms with Crippen molar-refractivity contribution in [2.45, 2.75) is 33.0 Å². The van der Waals surface area contributed by atoms with Crippen molar-refractivity contribution in [1.29, 1.82) is 0 Å². The summed E-state index contributed by atoms with van der Waals surface area (Å²) >= 11 is 0. The lowest BCUT2D eigenvalue weighted by Gasteiger charge is -2.08. The predicted octanol–water partition coefficient (Wildman–Crippen LogP) is 3.72. The molecule has 0 saturated heterocycles. The maximum atomic E-state index is 9.52. The van der Waals surface area contributed by atoms with Crippen LogP contribution in [0.25, 0.3) is 0 Å². The molecule has 104 valence electrons. The summed E-state index contributed by atoms with van der Waals surface area (Å²) < 4.78 is 5.66. The minimum atomic E-state index is -0.376. The third kappa shape index (κ3) is 7.60. The summed E-state index contributed by atoms with van der Waals surface area (Å²) in [5.41, 5.74) is 1.20. The highest BCUT2D eigenvalue weighted by molar-refractivity contribution is 5.13. The van der Waals surface area contributed by atoms with Gasteiger partial charge in [0.25, 0.3) is 0 Å². The number of aliphatic hydroxyl groups is 1. The van der Waals surface area contributed by atoms with Crippen LogP contribution in [-0.4, -0.2) is 17.8 Å². The quantitative estimate of drug-likeness (QED) is 0.722. The summed E-state index contributed by atoms with van der Waals surface area (Å²) in [5, 5.41) is 9.52. The molecule has 0 saturated carbocycles. The summed E-state index contributed by atoms with van der Waals surface area (Å²) in [7, 11) is 0. The van der Waals surface area contributed by atoms with Crippen LogP contribution in [0.4, 0.5) is 0 Å². The van der Waals surface area contributed by atoms with Crippen molar-refractivity contribution in [2.75, 3.05) is 6.61 Å². The molecule has 2 atom stereocenters. The highest BCUT2D eigenvalue weighted by Crippen LogP contribution is 2.05. The molecule has 1 N–H and O–H groups in total. The molecule has 1 aromatic rings. The molecule has 2 heteroatoms. The molecule has 0 aromatic heterocycles. The topological polar surface area (TPSA) is 29.5 Å². The van der Waals surface area contributed by atoms with E-state index in [0.717, 1.165) is 0 Å². The Morgan fingerprint density at radius 2 is 1.95 bits per heavy atom. The van der Waals surface area contributed by atoms with Gasteiger partial charge < -0.3 is 9.84 Å². The summed E-state index contributed by atoms with van der Waals surface area (Å²) in [6, 6.07) is 10.2. The van der Waals surface area contributed by atoms with Crippen LogP contribution >= 0.6 is 0 Å². The maximum absolute atomic E-state index is 9.52. The van der Waals surface area contributed by atoms with Crippen LogP contribution in [0.15, 0.2) is 54.6 Å². The fourth-order valence-corrected chi connectivity index (χ4v) is 1.74. The minimum Gasteiger partial charge on any atom is -0.389 e. The van der Waals surface area contributed by atoms with Gasteiger partial charge in [-0.05, 0) is 24.8 Å². The average molecular weight is 260 g/mol. The summed E-state index contributed by atoms with van der Waals surface area (Å²) in [6.45, 7) is 5.38. The molecule has 1 aromatic carbocycles. The molecule has 0 spiro atoms. The van der Waals surface area contributed by atoms with Crippen LogP contribution in [0, 0.1) is 5.92 Å². The molecule has 0 aliphatic carbocycles. The van der Waals surface area contributed by atoms with Crippen molar-refractivity contribution in [3.63, 3.8) is 0 Å². The largest absolute Gasteiger partial charge is 0.389 e. The Morgan fingerprint density at radius 3 is 2.63 bits per heavy atom. The normalized spacial score (nSPS) is 15.1. The Morgan fingerprint density at radius 1 is 1.21 bits per heavy atom. The van der Waals surface area contributed by atoms with Gasteiger partial charge >= 0.3 is 0 Å². The number of allylic oxidation sites excluding steroid dienone is 1. The highest BCUT2D eigenvalue weighted by Gasteiger charge is 1.99. The second-order valence-corrected chi connectivity index (χ2v) is 4.73. The van der Waals surface area contributed by atoms with Gasteiger partial charge in [0, 0.05) is 0 Å². The predicted molar refractivity (Wildman–Crippen MR) is 79.8 cm³/mol. The molecule has 0 aliphatic heterocycles. The number of hydrogen-bond donors (Lipinski definition) is 1. The molecule has 0 radical (unpaired) electrons. The van der Waals surface area contributed by atoms with E-state index in [1.165, 1.54) is 5.56 Å². The van der Waals surface area contributed by atoms with Gasteiger partial charge in [0.2, 0.25) is 0 Å². The first-order valence-electron chi connectivity index (χ1n) is 6.81. The number of aliphatic hydroxyl groups excluding tert-OH is 1. The Kier molecular flexibility index (Phi) is 7.87. The fourth-order valence-electron chi connectivity index (χ4n) is 1.74. The first kappa shape index (κ1) is 15.7. The maximum Gasteiger partial charge on any atom is 0.0755 e. The summed E-state index contributed by atoms with van der Waals surface area (Å²) in [6.07, 6.45) is 8.05. The zero-order valence-corrected chi connectivity index (χ0v) is 11.8. The van der Waals surface area contributed by atoms with E-state index in [0.29, 0.717) is 25.6 Å². The molecule has 1 rings (SSSR count). The molecule has 19 heavy (non-hydrogen) atoms. The number of rotatable bonds is 8. The van der Waals surface area contributed by atoms with Gasteiger partial charge in [-0.3, -0.25) is 0 Å². The van der Waals surface area contributed by atoms with Crippen molar-refractivity contribution in [3.05, 3.63) is 60.2 Å². The number of ether oxygens (including phenoxy) is 1. The lowest BCUT2D eigenvalue weighted by Crippen LogP contribution is -2.04. The van der Waals surface area contributed by atoms with Gasteiger partial charge in [-0.1, -0.05) is 61.6 Å². The van der Waals surface area contributed by atoms with Crippen molar-refractivity contribution >= 4 is 0 Å². The van der Waals surface area contributed by atoms with Crippen LogP contribution in [0.3, 0.4) is 0 Å². The fraction of sp³-hybridized carbons (Fsp3) is 0.412. The molecule has 0 unspecified atom stereocenters. The van der Waals surface area contributed by atoms with Crippen molar-refractivity contribution in [3.8, 4) is 0 Å². The molecule has 0 bridgehead atoms. The highest BCUT2D eigenvalue weighted by atomic mass is 16.5. The van der Waals surface area contributed by atoms with Gasteiger partial charge in [0.05, 0.1) is 19.3 Å². The van der Waals surface area contributed by atoms with Gasteiger partial charge in [0.1, 0.15) is 0 Å². The lowest BCUT2D eigenvalue weighted by atomic mass is 10.1. The van der Waals surface area contributed by atoms with E-state index < -0.39 is 0 Å². The van der Waals surface area contributed by atoms with Crippen molar-refractivity contribution < 1.29 is 9.84 Å². The second kappa shape index (κ2) is 9.54. The van der Waals surface area contributed by atoms with Gasteiger partial charge in [-0.25, -0.2) is 0 Å². The molecule has 0 amide bonds. The van der Waals surface area contributed by atoms with E-state index in [1.807, 2.05) is 37.3 Å². The van der Waals surface area contributed by atoms with Crippen LogP contribution in [-0.2, 0) is 11.3 Å². The van der Waals surface area contributed by atoms with Crippen LogP contribution in [0.1, 0.15) is 25.8 Å². The molecule has 2 nitrogen and oxygen atoms in total. The van der Waals surface area contributed by atoms with Crippen LogP contribution in [0.2, 0.25) is 0 Å². The van der Waals surface area contributed by atoms with Crippen LogP contribution < -0.4 is 0 Å². The zero-order valence-electron chi connectivity index (χ0n) is 11.8. The van der Waals surface area contributed by atoms with Gasteiger partial charge in [0.15, 0.2) is 0 Å². The lowest BCUT2D eigenvalue weighted by molar-refractivity contribution is 0.104. The Balaban J connectivity index is 2.17. The van der Waals surface area contributed by atoms with E-state index in [-0.39, 0.29) is 6.10 Å². The SMILES string of the molecule is C/C=C/[C@H](O)C/C=C/[C@@H](C)COCc1ccccc1. The average Bonchev–Trinajstić information content (AvgIpc) is 2.40. The zero-order chi connectivity index (χ0) is 13.9. The van der Waals surface area contributed by atoms with E-state index in [9.17, 15) is 5.11 Å². The van der Waals surface area contributed by atoms with E-state index in [4.69, 9.17) is 4.74 Å². The Hall–Kier alpha value is -1.38. The standard InChI is InChI=1S/C17H24O2/c1-3-8-17(18)12-7-9-15(2)13-19-14-16-10-5-4-6-11-16/h3-11,15,17-18H,12-14H2,1-2H3/b8-3+,9-7+/t15-,17+/m1/s1. The van der Waals surface area contributed by atoms with Crippen molar-refractivity contribution in [1.82, 2.24) is 0 Å². The smallest absolute Gasteiger partial charge is 0.0755 e. The van der Waals surface area contributed by atoms with Crippen LogP contribution in [0.5, 0.6) is 0 Å². The second-order valence-electron chi connectivity index (χ2n) is 4.73. The minimum absolute atomic E-state index is 0.363. The first-order chi connectivity index (χ1) is 9.22. The number of hydrogen-bond acceptors (Lipinski definition) is 2. The first-order valence-corrected chi connectivity index (χ1v) is 6.81. The molecule has 0 heterocycles. The third-order valence-corrected chi connectivity index (χ3v) is 2.75. The van der Waals surface area contributed by atoms with Gasteiger partial charge in [-0.2, -0.15) is 0 Å². The van der Waals surface area contributed by atoms with Gasteiger partial charge in [-0.15, -0.1) is 0 Å².